The van der Waals surface area contributed by atoms with Gasteiger partial charge in [-0.05, 0) is 38.8 Å². The maximum atomic E-state index is 12.6. The van der Waals surface area contributed by atoms with Crippen LogP contribution in [0.25, 0.3) is 0 Å². The Morgan fingerprint density at radius 2 is 2.17 bits per heavy atom. The lowest BCUT2D eigenvalue weighted by molar-refractivity contribution is -0.134. The van der Waals surface area contributed by atoms with Crippen LogP contribution in [0, 0.1) is 5.92 Å². The molecule has 1 amide bonds. The topological polar surface area (TPSA) is 35.6 Å². The van der Waals surface area contributed by atoms with E-state index in [4.69, 9.17) is 0 Å². The molecule has 0 aliphatic carbocycles. The van der Waals surface area contributed by atoms with Crippen molar-refractivity contribution < 1.29 is 4.79 Å². The SMILES string of the molecule is CCC1NC(C(C)C)C(=O)N1C1CCCN(C)C1. The fraction of sp³-hybridized carbons (Fsp3) is 0.929. The largest absolute Gasteiger partial charge is 0.322 e. The summed E-state index contributed by atoms with van der Waals surface area (Å²) in [6.07, 6.45) is 3.59. The maximum absolute atomic E-state index is 12.6. The molecule has 2 heterocycles. The van der Waals surface area contributed by atoms with Gasteiger partial charge < -0.3 is 9.80 Å². The van der Waals surface area contributed by atoms with Gasteiger partial charge >= 0.3 is 0 Å². The van der Waals surface area contributed by atoms with Crippen molar-refractivity contribution >= 4 is 5.91 Å². The lowest BCUT2D eigenvalue weighted by Gasteiger charge is -2.38. The van der Waals surface area contributed by atoms with E-state index >= 15 is 0 Å². The summed E-state index contributed by atoms with van der Waals surface area (Å²) >= 11 is 0. The van der Waals surface area contributed by atoms with Gasteiger partial charge in [-0.1, -0.05) is 20.8 Å². The molecular weight excluding hydrogens is 226 g/mol. The fourth-order valence-electron chi connectivity index (χ4n) is 3.27. The zero-order chi connectivity index (χ0) is 13.3. The highest BCUT2D eigenvalue weighted by Gasteiger charge is 2.43. The fourth-order valence-corrected chi connectivity index (χ4v) is 3.27. The van der Waals surface area contributed by atoms with Crippen LogP contribution >= 0.6 is 0 Å². The first-order valence-electron chi connectivity index (χ1n) is 7.31. The monoisotopic (exact) mass is 253 g/mol. The van der Waals surface area contributed by atoms with Crippen molar-refractivity contribution in [2.75, 3.05) is 20.1 Å². The number of likely N-dealkylation sites (N-methyl/N-ethyl adjacent to an activating group) is 1. The van der Waals surface area contributed by atoms with Gasteiger partial charge in [0.2, 0.25) is 5.91 Å². The summed E-state index contributed by atoms with van der Waals surface area (Å²) in [4.78, 5) is 17.1. The van der Waals surface area contributed by atoms with Crippen LogP contribution in [0.4, 0.5) is 0 Å². The first kappa shape index (κ1) is 13.8. The van der Waals surface area contributed by atoms with Crippen molar-refractivity contribution in [3.05, 3.63) is 0 Å². The molecule has 0 spiro atoms. The van der Waals surface area contributed by atoms with Gasteiger partial charge in [0.25, 0.3) is 0 Å². The number of hydrogen-bond acceptors (Lipinski definition) is 3. The summed E-state index contributed by atoms with van der Waals surface area (Å²) in [6, 6.07) is 0.416. The Labute approximate surface area is 111 Å². The molecule has 1 N–H and O–H groups in total. The summed E-state index contributed by atoms with van der Waals surface area (Å²) in [5, 5.41) is 3.51. The second kappa shape index (κ2) is 5.57. The van der Waals surface area contributed by atoms with Crippen molar-refractivity contribution in [1.82, 2.24) is 15.1 Å². The van der Waals surface area contributed by atoms with Crippen molar-refractivity contribution in [1.29, 1.82) is 0 Å². The van der Waals surface area contributed by atoms with Gasteiger partial charge in [0.15, 0.2) is 0 Å². The van der Waals surface area contributed by atoms with Gasteiger partial charge in [-0.15, -0.1) is 0 Å². The third-order valence-electron chi connectivity index (χ3n) is 4.27. The van der Waals surface area contributed by atoms with Crippen LogP contribution in [0.2, 0.25) is 0 Å². The summed E-state index contributed by atoms with van der Waals surface area (Å²) in [5.41, 5.74) is 0. The molecule has 2 aliphatic rings. The van der Waals surface area contributed by atoms with E-state index < -0.39 is 0 Å². The molecule has 0 aromatic carbocycles. The van der Waals surface area contributed by atoms with Gasteiger partial charge in [-0.3, -0.25) is 10.1 Å². The Morgan fingerprint density at radius 1 is 1.44 bits per heavy atom. The number of piperidine rings is 1. The molecule has 0 bridgehead atoms. The van der Waals surface area contributed by atoms with Crippen LogP contribution in [-0.4, -0.2) is 54.1 Å². The van der Waals surface area contributed by atoms with Gasteiger partial charge in [0.1, 0.15) is 0 Å². The second-order valence-electron chi connectivity index (χ2n) is 6.12. The van der Waals surface area contributed by atoms with E-state index in [1.807, 2.05) is 0 Å². The van der Waals surface area contributed by atoms with E-state index in [2.05, 4.69) is 42.9 Å². The Hall–Kier alpha value is -0.610. The molecule has 3 unspecified atom stereocenters. The van der Waals surface area contributed by atoms with Crippen LogP contribution in [0.15, 0.2) is 0 Å². The van der Waals surface area contributed by atoms with E-state index in [0.29, 0.717) is 17.9 Å². The second-order valence-corrected chi connectivity index (χ2v) is 6.12. The van der Waals surface area contributed by atoms with Crippen molar-refractivity contribution in [2.24, 2.45) is 5.92 Å². The minimum absolute atomic E-state index is 0.0159. The lowest BCUT2D eigenvalue weighted by atomic mass is 10.0. The predicted molar refractivity (Wildman–Crippen MR) is 73.2 cm³/mol. The average molecular weight is 253 g/mol. The molecule has 104 valence electrons. The van der Waals surface area contributed by atoms with Gasteiger partial charge in [0.05, 0.1) is 12.2 Å². The molecule has 18 heavy (non-hydrogen) atoms. The Morgan fingerprint density at radius 3 is 2.72 bits per heavy atom. The predicted octanol–water partition coefficient (Wildman–Crippen LogP) is 1.27. The summed E-state index contributed by atoms with van der Waals surface area (Å²) < 4.78 is 0. The molecule has 2 aliphatic heterocycles. The average Bonchev–Trinajstić information content (AvgIpc) is 2.66. The highest BCUT2D eigenvalue weighted by atomic mass is 16.2. The molecule has 3 atom stereocenters. The number of nitrogens with zero attached hydrogens (tertiary/aromatic N) is 2. The third kappa shape index (κ3) is 2.54. The van der Waals surface area contributed by atoms with Crippen LogP contribution in [-0.2, 0) is 4.79 Å². The lowest BCUT2D eigenvalue weighted by Crippen LogP contribution is -2.51. The number of hydrogen-bond donors (Lipinski definition) is 1. The van der Waals surface area contributed by atoms with Crippen molar-refractivity contribution in [2.45, 2.75) is 58.3 Å². The maximum Gasteiger partial charge on any atom is 0.241 e. The van der Waals surface area contributed by atoms with Gasteiger partial charge in [0, 0.05) is 12.6 Å². The minimum Gasteiger partial charge on any atom is -0.322 e. The third-order valence-corrected chi connectivity index (χ3v) is 4.27. The molecule has 2 rings (SSSR count). The number of carbonyl (C=O) groups excluding carboxylic acids is 1. The van der Waals surface area contributed by atoms with E-state index in [-0.39, 0.29) is 12.2 Å². The molecule has 2 fully saturated rings. The quantitative estimate of drug-likeness (QED) is 0.823. The van der Waals surface area contributed by atoms with Gasteiger partial charge in [-0.25, -0.2) is 0 Å². The number of amides is 1. The van der Waals surface area contributed by atoms with E-state index in [1.54, 1.807) is 0 Å². The van der Waals surface area contributed by atoms with Crippen molar-refractivity contribution in [3.8, 4) is 0 Å². The summed E-state index contributed by atoms with van der Waals surface area (Å²) in [7, 11) is 2.15. The van der Waals surface area contributed by atoms with Crippen LogP contribution < -0.4 is 5.32 Å². The Bertz CT molecular complexity index is 305. The molecule has 4 nitrogen and oxygen atoms in total. The molecule has 0 aromatic rings. The first-order valence-corrected chi connectivity index (χ1v) is 7.31. The van der Waals surface area contributed by atoms with E-state index in [1.165, 1.54) is 6.42 Å². The Balaban J connectivity index is 2.11. The summed E-state index contributed by atoms with van der Waals surface area (Å²) in [5.74, 6) is 0.690. The van der Waals surface area contributed by atoms with Crippen LogP contribution in [0.5, 0.6) is 0 Å². The normalized spacial score (nSPS) is 34.6. The highest BCUT2D eigenvalue weighted by Crippen LogP contribution is 2.25. The number of carbonyl (C=O) groups is 1. The molecular formula is C14H27N3O. The van der Waals surface area contributed by atoms with E-state index in [0.717, 1.165) is 25.9 Å². The van der Waals surface area contributed by atoms with Crippen molar-refractivity contribution in [3.63, 3.8) is 0 Å². The number of nitrogens with one attached hydrogen (secondary N) is 1. The number of rotatable bonds is 3. The van der Waals surface area contributed by atoms with E-state index in [9.17, 15) is 4.79 Å². The summed E-state index contributed by atoms with van der Waals surface area (Å²) in [6.45, 7) is 8.59. The molecule has 0 radical (unpaired) electrons. The minimum atomic E-state index is 0.0159. The van der Waals surface area contributed by atoms with Crippen LogP contribution in [0.1, 0.15) is 40.0 Å². The number of likely N-dealkylation sites (tertiary alicyclic amines) is 1. The smallest absolute Gasteiger partial charge is 0.241 e. The molecule has 2 saturated heterocycles. The zero-order valence-electron chi connectivity index (χ0n) is 12.1. The molecule has 0 aromatic heterocycles. The standard InChI is InChI=1S/C14H27N3O/c1-5-12-15-13(10(2)3)14(18)17(12)11-7-6-8-16(4)9-11/h10-13,15H,5-9H2,1-4H3. The molecule has 4 heteroatoms. The Kier molecular flexibility index (Phi) is 4.28. The van der Waals surface area contributed by atoms with Gasteiger partial charge in [-0.2, -0.15) is 0 Å². The molecule has 0 saturated carbocycles. The highest BCUT2D eigenvalue weighted by molar-refractivity contribution is 5.85. The zero-order valence-corrected chi connectivity index (χ0v) is 12.1. The van der Waals surface area contributed by atoms with Crippen LogP contribution in [0.3, 0.4) is 0 Å². The first-order chi connectivity index (χ1) is 8.54.